The predicted octanol–water partition coefficient (Wildman–Crippen LogP) is -16.9. The summed E-state index contributed by atoms with van der Waals surface area (Å²) in [5.74, 6) is 0. The second kappa shape index (κ2) is 56.4. The first kappa shape index (κ1) is 63.0. The molecule has 12 nitrogen and oxygen atoms in total. The Hall–Kier alpha value is 6.36. The number of hydrogen-bond donors (Lipinski definition) is 0. The average molecular weight is 843 g/mol. The van der Waals surface area contributed by atoms with Crippen molar-refractivity contribution in [2.45, 2.75) is 0 Å². The van der Waals surface area contributed by atoms with Crippen LogP contribution < -0.4 is 60.3 Å². The summed E-state index contributed by atoms with van der Waals surface area (Å²) in [5, 5.41) is 101. The molecule has 0 fully saturated rings. The van der Waals surface area contributed by atoms with Gasteiger partial charge in [-0.1, -0.05) is 0 Å². The summed E-state index contributed by atoms with van der Waals surface area (Å²) in [6.07, 6.45) is 0. The third kappa shape index (κ3) is 419. The molecule has 0 unspecified atom stereocenters. The third-order valence-electron chi connectivity index (χ3n) is 0. The largest absolute Gasteiger partial charge is 2.00 e. The monoisotopic (exact) mass is 841 g/mol. The molecule has 0 saturated carbocycles. The van der Waals surface area contributed by atoms with Crippen LogP contribution in [0.15, 0.2) is 0 Å². The first-order chi connectivity index (χ1) is 6.93. The van der Waals surface area contributed by atoms with Crippen molar-refractivity contribution in [3.05, 3.63) is 0 Å². The van der Waals surface area contributed by atoms with Crippen molar-refractivity contribution in [2.24, 2.45) is 0 Å². The third-order valence-corrected chi connectivity index (χ3v) is 0. The minimum atomic E-state index is -2.92. The van der Waals surface area contributed by atoms with Crippen LogP contribution in [0.2, 0.25) is 0 Å². The summed E-state index contributed by atoms with van der Waals surface area (Å²) in [5.41, 5.74) is 0. The Labute approximate surface area is 287 Å². The quantitative estimate of drug-likeness (QED) is 0.206. The molecule has 0 bridgehead atoms. The van der Waals surface area contributed by atoms with E-state index >= 15 is 0 Å². The minimum absolute atomic E-state index is 0. The molecule has 0 rings (SSSR count). The number of hydrogen-bond acceptors (Lipinski definition) is 12. The minimum Gasteiger partial charge on any atom is -0.907 e. The standard InChI is InChI=1S/4BO3.3Ba.3Zn/c4*2-1(3)4;;;;;;/q4*-3;6*+2. The van der Waals surface area contributed by atoms with Gasteiger partial charge in [-0.2, -0.15) is 0 Å². The van der Waals surface area contributed by atoms with Crippen molar-refractivity contribution in [1.29, 1.82) is 0 Å². The van der Waals surface area contributed by atoms with E-state index < -0.39 is 29.3 Å². The zero-order chi connectivity index (χ0) is 14.3. The summed E-state index contributed by atoms with van der Waals surface area (Å²) < 4.78 is 0. The van der Waals surface area contributed by atoms with Crippen molar-refractivity contribution < 1.29 is 119 Å². The summed E-state index contributed by atoms with van der Waals surface area (Å²) in [6, 6.07) is 0. The van der Waals surface area contributed by atoms with Gasteiger partial charge in [0.1, 0.15) is 0 Å². The topological polar surface area (TPSA) is 277 Å². The van der Waals surface area contributed by atoms with E-state index in [4.69, 9.17) is 60.3 Å². The van der Waals surface area contributed by atoms with E-state index in [1.165, 1.54) is 0 Å². The molecule has 0 N–H and O–H groups in total. The molecule has 0 aliphatic rings. The molecule has 0 saturated heterocycles. The molecule has 0 aromatic heterocycles. The van der Waals surface area contributed by atoms with Gasteiger partial charge in [-0.3, -0.25) is 29.3 Å². The Morgan fingerprint density at radius 2 is 0.273 bits per heavy atom. The molecule has 0 aliphatic heterocycles. The van der Waals surface area contributed by atoms with Crippen molar-refractivity contribution >= 4 is 176 Å². The van der Waals surface area contributed by atoms with E-state index in [-0.39, 0.29) is 205 Å². The van der Waals surface area contributed by atoms with E-state index in [0.717, 1.165) is 0 Å². The van der Waals surface area contributed by atoms with Crippen LogP contribution in [-0.4, -0.2) is 176 Å². The van der Waals surface area contributed by atoms with Crippen LogP contribution in [0.4, 0.5) is 0 Å². The second-order valence-electron chi connectivity index (χ2n) is 1.15. The normalized spacial score (nSPS) is 4.91. The van der Waals surface area contributed by atoms with Gasteiger partial charge in [-0.15, -0.1) is 0 Å². The van der Waals surface area contributed by atoms with Gasteiger partial charge in [0.05, 0.1) is 0 Å². The van der Waals surface area contributed by atoms with Crippen LogP contribution in [0, 0.1) is 0 Å². The van der Waals surface area contributed by atoms with Gasteiger partial charge in [0.25, 0.3) is 0 Å². The Kier molecular flexibility index (Phi) is 161. The van der Waals surface area contributed by atoms with Gasteiger partial charge in [-0.25, -0.2) is 0 Å². The molecule has 0 atom stereocenters. The maximum Gasteiger partial charge on any atom is 2.00 e. The zero-order valence-electron chi connectivity index (χ0n) is 11.5. The van der Waals surface area contributed by atoms with E-state index in [9.17, 15) is 0 Å². The van der Waals surface area contributed by atoms with E-state index in [1.54, 1.807) is 0 Å². The summed E-state index contributed by atoms with van der Waals surface area (Å²) in [7, 11) is -11.7. The molecule has 0 spiro atoms. The van der Waals surface area contributed by atoms with Crippen molar-refractivity contribution in [3.8, 4) is 0 Å². The van der Waals surface area contributed by atoms with Gasteiger partial charge in [-0.05, 0) is 0 Å². The zero-order valence-corrected chi connectivity index (χ0v) is 33.7. The van der Waals surface area contributed by atoms with Crippen LogP contribution >= 0.6 is 0 Å². The predicted molar refractivity (Wildman–Crippen MR) is 40.3 cm³/mol. The maximum absolute atomic E-state index is 8.42. The molecule has 0 heterocycles. The Bertz CT molecular complexity index is 80.6. The van der Waals surface area contributed by atoms with E-state index in [0.29, 0.717) is 0 Å². The van der Waals surface area contributed by atoms with Crippen LogP contribution in [0.25, 0.3) is 0 Å². The molecule has 22 heavy (non-hydrogen) atoms. The fourth-order valence-corrected chi connectivity index (χ4v) is 0. The van der Waals surface area contributed by atoms with E-state index in [2.05, 4.69) is 0 Å². The molecular weight excluding hydrogens is 843 g/mol. The summed E-state index contributed by atoms with van der Waals surface area (Å²) in [4.78, 5) is 0. The van der Waals surface area contributed by atoms with Gasteiger partial charge in [0.2, 0.25) is 0 Å². The molecule has 0 aromatic carbocycles. The maximum atomic E-state index is 8.42. The molecule has 96 valence electrons. The molecule has 0 radical (unpaired) electrons. The van der Waals surface area contributed by atoms with E-state index in [1.807, 2.05) is 0 Å². The first-order valence-electron chi connectivity index (χ1n) is 2.83. The Morgan fingerprint density at radius 1 is 0.273 bits per heavy atom. The van der Waals surface area contributed by atoms with Crippen LogP contribution in [0.5, 0.6) is 0 Å². The smallest absolute Gasteiger partial charge is 0.907 e. The fraction of sp³-hybridized carbons (Fsp3) is 0. The van der Waals surface area contributed by atoms with Gasteiger partial charge in [0.15, 0.2) is 0 Å². The van der Waals surface area contributed by atoms with Crippen LogP contribution in [-0.2, 0) is 58.4 Å². The van der Waals surface area contributed by atoms with Crippen LogP contribution in [0.3, 0.4) is 0 Å². The van der Waals surface area contributed by atoms with Gasteiger partial charge >= 0.3 is 205 Å². The summed E-state index contributed by atoms with van der Waals surface area (Å²) in [6.45, 7) is 0. The average Bonchev–Trinajstić information content (AvgIpc) is 1.76. The van der Waals surface area contributed by atoms with Crippen molar-refractivity contribution in [2.75, 3.05) is 0 Å². The Morgan fingerprint density at radius 3 is 0.273 bits per heavy atom. The molecule has 0 amide bonds. The van der Waals surface area contributed by atoms with Crippen molar-refractivity contribution in [3.63, 3.8) is 0 Å². The Balaban J connectivity index is -0.00000001000. The van der Waals surface area contributed by atoms with Crippen LogP contribution in [0.1, 0.15) is 0 Å². The second-order valence-corrected chi connectivity index (χ2v) is 1.15. The SMILES string of the molecule is [Ba+2].[Ba+2].[Ba+2].[O-]B([O-])[O-].[O-]B([O-])[O-].[O-]B([O-])[O-].[O-]B([O-])[O-].[Zn+2].[Zn+2].[Zn+2]. The molecule has 22 heteroatoms. The molecule has 0 aliphatic carbocycles. The first-order valence-corrected chi connectivity index (χ1v) is 2.83. The van der Waals surface area contributed by atoms with Gasteiger partial charge < -0.3 is 60.3 Å². The number of rotatable bonds is 0. The summed E-state index contributed by atoms with van der Waals surface area (Å²) >= 11 is 0. The molecule has 0 aromatic rings. The fourth-order valence-electron chi connectivity index (χ4n) is 0. The van der Waals surface area contributed by atoms with Gasteiger partial charge in [0, 0.05) is 0 Å². The van der Waals surface area contributed by atoms with Crippen molar-refractivity contribution in [1.82, 2.24) is 0 Å². The molecular formula is B4Ba3O12Zn3.